The maximum Gasteiger partial charge on any atom is 0.320 e. The summed E-state index contributed by atoms with van der Waals surface area (Å²) in [5, 5.41) is 12.4. The minimum atomic E-state index is -1.28. The third-order valence-corrected chi connectivity index (χ3v) is 7.56. The number of hydrogen-bond donors (Lipinski definition) is 2. The fraction of sp³-hybridized carbons (Fsp3) is 0.536. The van der Waals surface area contributed by atoms with E-state index in [9.17, 15) is 9.90 Å². The number of ether oxygens (including phenoxy) is 1. The molecule has 2 heterocycles. The van der Waals surface area contributed by atoms with Crippen LogP contribution in [0.4, 0.5) is 9.18 Å². The van der Waals surface area contributed by atoms with Gasteiger partial charge < -0.3 is 25.4 Å². The predicted octanol–water partition coefficient (Wildman–Crippen LogP) is 4.36. The number of likely N-dealkylation sites (tertiary alicyclic amines) is 2. The molecule has 0 aromatic heterocycles. The van der Waals surface area contributed by atoms with Crippen molar-refractivity contribution in [3.05, 3.63) is 59.9 Å². The van der Waals surface area contributed by atoms with Crippen molar-refractivity contribution in [3.63, 3.8) is 0 Å². The minimum absolute atomic E-state index is 0.00749. The normalized spacial score (nSPS) is 22.3. The maximum absolute atomic E-state index is 15.3. The zero-order chi connectivity index (χ0) is 24.8. The molecule has 190 valence electrons. The molecule has 3 N–H and O–H groups in total. The number of urea groups is 1. The van der Waals surface area contributed by atoms with Crippen LogP contribution in [0.3, 0.4) is 0 Å². The van der Waals surface area contributed by atoms with Crippen molar-refractivity contribution in [2.75, 3.05) is 39.9 Å². The lowest BCUT2D eigenvalue weighted by Crippen LogP contribution is -2.52. The number of unbranched alkanes of at least 4 members (excludes halogenated alkanes) is 1. The van der Waals surface area contributed by atoms with Crippen LogP contribution in [0.25, 0.3) is 11.1 Å². The highest BCUT2D eigenvalue weighted by Gasteiger charge is 2.43. The van der Waals surface area contributed by atoms with Gasteiger partial charge in [0, 0.05) is 57.4 Å². The molecule has 6 nitrogen and oxygen atoms in total. The second kappa shape index (κ2) is 11.5. The number of methoxy groups -OCH3 is 1. The molecule has 2 aromatic carbocycles. The molecule has 0 aliphatic carbocycles. The average Bonchev–Trinajstić information content (AvgIpc) is 3.32. The average molecular weight is 484 g/mol. The van der Waals surface area contributed by atoms with Crippen molar-refractivity contribution in [2.45, 2.75) is 50.2 Å². The summed E-state index contributed by atoms with van der Waals surface area (Å²) in [6.45, 7) is 2.95. The van der Waals surface area contributed by atoms with Crippen molar-refractivity contribution in [1.82, 2.24) is 9.80 Å². The van der Waals surface area contributed by atoms with Crippen LogP contribution in [0.5, 0.6) is 0 Å². The summed E-state index contributed by atoms with van der Waals surface area (Å²) >= 11 is 0. The summed E-state index contributed by atoms with van der Waals surface area (Å²) in [4.78, 5) is 16.9. The van der Waals surface area contributed by atoms with E-state index in [1.807, 2.05) is 46.2 Å². The number of carbonyl (C=O) groups is 1. The Hall–Kier alpha value is -2.48. The van der Waals surface area contributed by atoms with Gasteiger partial charge in [-0.15, -0.1) is 0 Å². The number of nitrogens with zero attached hydrogens (tertiary/aromatic N) is 2. The Labute approximate surface area is 207 Å². The molecule has 2 aliphatic heterocycles. The van der Waals surface area contributed by atoms with E-state index in [2.05, 4.69) is 0 Å². The quantitative estimate of drug-likeness (QED) is 0.547. The Morgan fingerprint density at radius 1 is 1.09 bits per heavy atom. The van der Waals surface area contributed by atoms with Gasteiger partial charge in [-0.1, -0.05) is 42.5 Å². The van der Waals surface area contributed by atoms with E-state index in [1.54, 1.807) is 13.2 Å². The topological polar surface area (TPSA) is 79.0 Å². The number of piperidine rings is 1. The lowest BCUT2D eigenvalue weighted by molar-refractivity contribution is -0.0572. The number of amides is 2. The van der Waals surface area contributed by atoms with Crippen molar-refractivity contribution in [1.29, 1.82) is 0 Å². The van der Waals surface area contributed by atoms with Gasteiger partial charge in [0.15, 0.2) is 0 Å². The first-order valence-electron chi connectivity index (χ1n) is 12.8. The van der Waals surface area contributed by atoms with Gasteiger partial charge in [-0.3, -0.25) is 0 Å². The van der Waals surface area contributed by atoms with Gasteiger partial charge >= 0.3 is 6.03 Å². The monoisotopic (exact) mass is 483 g/mol. The van der Waals surface area contributed by atoms with Crippen molar-refractivity contribution < 1.29 is 19.0 Å². The molecule has 0 saturated carbocycles. The van der Waals surface area contributed by atoms with Crippen molar-refractivity contribution in [2.24, 2.45) is 11.7 Å². The SMILES string of the molecule is COCCCC[C@@](O)(c1cccc(F)c1-c1ccccc1)[C@@H]1CCCN(C(=O)N2CC[C@H](N)C2)C1. The molecule has 7 heteroatoms. The molecule has 2 fully saturated rings. The number of aliphatic hydroxyl groups is 1. The van der Waals surface area contributed by atoms with E-state index < -0.39 is 5.60 Å². The van der Waals surface area contributed by atoms with E-state index >= 15 is 4.39 Å². The van der Waals surface area contributed by atoms with Crippen LogP contribution in [-0.4, -0.2) is 66.9 Å². The number of halogens is 1. The van der Waals surface area contributed by atoms with Gasteiger partial charge in [-0.25, -0.2) is 9.18 Å². The zero-order valence-electron chi connectivity index (χ0n) is 20.7. The van der Waals surface area contributed by atoms with E-state index in [4.69, 9.17) is 10.5 Å². The van der Waals surface area contributed by atoms with Crippen LogP contribution in [0.2, 0.25) is 0 Å². The lowest BCUT2D eigenvalue weighted by Gasteiger charge is -2.44. The first-order valence-corrected chi connectivity index (χ1v) is 12.8. The minimum Gasteiger partial charge on any atom is -0.385 e. The molecule has 0 bridgehead atoms. The fourth-order valence-corrected chi connectivity index (χ4v) is 5.68. The third kappa shape index (κ3) is 5.68. The molecule has 0 spiro atoms. The second-order valence-electron chi connectivity index (χ2n) is 9.97. The first-order chi connectivity index (χ1) is 16.9. The Kier molecular flexibility index (Phi) is 8.42. The predicted molar refractivity (Wildman–Crippen MR) is 135 cm³/mol. The lowest BCUT2D eigenvalue weighted by atomic mass is 9.72. The summed E-state index contributed by atoms with van der Waals surface area (Å²) in [7, 11) is 1.67. The van der Waals surface area contributed by atoms with Crippen LogP contribution >= 0.6 is 0 Å². The standard InChI is InChI=1S/C28H38FN3O3/c1-35-18-6-5-15-28(34,24-12-7-13-25(29)26(24)21-9-3-2-4-10-21)22-11-8-16-31(19-22)27(33)32-17-14-23(30)20-32/h2-4,7,9-10,12-13,22-23,34H,5-6,8,11,14-20,30H2,1H3/t22-,23+,28+/m1/s1. The van der Waals surface area contributed by atoms with Crippen molar-refractivity contribution >= 4 is 6.03 Å². The van der Waals surface area contributed by atoms with E-state index in [0.29, 0.717) is 50.3 Å². The number of benzene rings is 2. The highest BCUT2D eigenvalue weighted by Crippen LogP contribution is 2.44. The summed E-state index contributed by atoms with van der Waals surface area (Å²) in [5.41, 5.74) is 6.54. The maximum atomic E-state index is 15.3. The van der Waals surface area contributed by atoms with Crippen LogP contribution in [-0.2, 0) is 10.3 Å². The molecule has 0 radical (unpaired) electrons. The van der Waals surface area contributed by atoms with Crippen LogP contribution < -0.4 is 5.73 Å². The van der Waals surface area contributed by atoms with Gasteiger partial charge in [0.05, 0.1) is 5.60 Å². The van der Waals surface area contributed by atoms with Gasteiger partial charge in [0.1, 0.15) is 5.82 Å². The Morgan fingerprint density at radius 2 is 1.86 bits per heavy atom. The molecular weight excluding hydrogens is 445 g/mol. The van der Waals surface area contributed by atoms with Crippen LogP contribution in [0.1, 0.15) is 44.1 Å². The molecule has 2 aromatic rings. The smallest absolute Gasteiger partial charge is 0.320 e. The molecule has 2 amide bonds. The summed E-state index contributed by atoms with van der Waals surface area (Å²) in [6.07, 6.45) is 4.40. The highest BCUT2D eigenvalue weighted by atomic mass is 19.1. The number of carbonyl (C=O) groups excluding carboxylic acids is 1. The highest BCUT2D eigenvalue weighted by molar-refractivity contribution is 5.75. The van der Waals surface area contributed by atoms with Gasteiger partial charge in [0.25, 0.3) is 0 Å². The summed E-state index contributed by atoms with van der Waals surface area (Å²) in [5.74, 6) is -0.554. The summed E-state index contributed by atoms with van der Waals surface area (Å²) < 4.78 is 20.5. The third-order valence-electron chi connectivity index (χ3n) is 7.56. The van der Waals surface area contributed by atoms with E-state index in [0.717, 1.165) is 37.7 Å². The number of nitrogens with two attached hydrogens (primary N) is 1. The van der Waals surface area contributed by atoms with Crippen LogP contribution in [0, 0.1) is 11.7 Å². The molecular formula is C28H38FN3O3. The van der Waals surface area contributed by atoms with Gasteiger partial charge in [-0.2, -0.15) is 0 Å². The molecule has 3 atom stereocenters. The van der Waals surface area contributed by atoms with Crippen LogP contribution in [0.15, 0.2) is 48.5 Å². The Bertz CT molecular complexity index is 989. The zero-order valence-corrected chi connectivity index (χ0v) is 20.7. The van der Waals surface area contributed by atoms with Crippen molar-refractivity contribution in [3.8, 4) is 11.1 Å². The van der Waals surface area contributed by atoms with E-state index in [-0.39, 0.29) is 23.8 Å². The van der Waals surface area contributed by atoms with Gasteiger partial charge in [-0.05, 0) is 55.7 Å². The molecule has 0 unspecified atom stereocenters. The summed E-state index contributed by atoms with van der Waals surface area (Å²) in [6, 6.07) is 14.4. The molecule has 2 saturated heterocycles. The van der Waals surface area contributed by atoms with E-state index in [1.165, 1.54) is 6.07 Å². The number of hydrogen-bond acceptors (Lipinski definition) is 4. The Balaban J connectivity index is 1.67. The molecule has 35 heavy (non-hydrogen) atoms. The largest absolute Gasteiger partial charge is 0.385 e. The van der Waals surface area contributed by atoms with Gasteiger partial charge in [0.2, 0.25) is 0 Å². The Morgan fingerprint density at radius 3 is 2.57 bits per heavy atom. The number of rotatable bonds is 8. The fourth-order valence-electron chi connectivity index (χ4n) is 5.68. The second-order valence-corrected chi connectivity index (χ2v) is 9.97. The molecule has 2 aliphatic rings. The first kappa shape index (κ1) is 25.6. The molecule has 4 rings (SSSR count).